The van der Waals surface area contributed by atoms with Gasteiger partial charge in [0, 0.05) is 42.9 Å². The van der Waals surface area contributed by atoms with Crippen LogP contribution >= 0.6 is 0 Å². The Bertz CT molecular complexity index is 1990. The zero-order valence-electron chi connectivity index (χ0n) is 31.7. The first-order valence-corrected chi connectivity index (χ1v) is 16.2. The van der Waals surface area contributed by atoms with Crippen molar-refractivity contribution in [3.8, 4) is 0 Å². The van der Waals surface area contributed by atoms with Crippen molar-refractivity contribution in [2.24, 2.45) is 0 Å². The summed E-state index contributed by atoms with van der Waals surface area (Å²) < 4.78 is 5.60. The second-order valence-corrected chi connectivity index (χ2v) is 13.7. The molecule has 2 N–H and O–H groups in total. The SMILES string of the molecule is CC(=O)N1Cc2cccnc2Nc2ccc(C(C)(C)O)cc21.CC(=O)c1ccc2c(c1)N(C(C)=O)Cc1cccnc1N2C(=O)OC(C)(C)C.[Br-].[CH3-].[Mg+2]. The van der Waals surface area contributed by atoms with Crippen LogP contribution in [0.25, 0.3) is 0 Å². The molecule has 0 spiro atoms. The third-order valence-corrected chi connectivity index (χ3v) is 8.13. The van der Waals surface area contributed by atoms with Gasteiger partial charge in [0.05, 0.1) is 41.4 Å². The molecule has 2 aromatic carbocycles. The molecule has 4 aromatic rings. The summed E-state index contributed by atoms with van der Waals surface area (Å²) in [6.07, 6.45) is 2.71. The number of pyridine rings is 2. The third-order valence-electron chi connectivity index (χ3n) is 8.13. The number of aromatic nitrogens is 2. The molecule has 2 aliphatic rings. The van der Waals surface area contributed by atoms with Gasteiger partial charge in [0.2, 0.25) is 11.8 Å². The van der Waals surface area contributed by atoms with Gasteiger partial charge >= 0.3 is 29.1 Å². The van der Waals surface area contributed by atoms with Crippen LogP contribution in [0.15, 0.2) is 73.1 Å². The van der Waals surface area contributed by atoms with E-state index in [0.29, 0.717) is 34.9 Å². The fraction of sp³-hybridized carbons (Fsp3) is 0.308. The summed E-state index contributed by atoms with van der Waals surface area (Å²) >= 11 is 0. The van der Waals surface area contributed by atoms with Crippen LogP contribution in [0.2, 0.25) is 0 Å². The van der Waals surface area contributed by atoms with Crippen LogP contribution < -0.4 is 37.0 Å². The minimum atomic E-state index is -0.963. The van der Waals surface area contributed by atoms with E-state index in [1.807, 2.05) is 36.4 Å². The summed E-state index contributed by atoms with van der Waals surface area (Å²) in [4.78, 5) is 62.8. The summed E-state index contributed by atoms with van der Waals surface area (Å²) in [5.41, 5.74) is 3.66. The molecule has 0 fully saturated rings. The van der Waals surface area contributed by atoms with E-state index in [2.05, 4.69) is 15.3 Å². The number of halogens is 1. The Kier molecular flexibility index (Phi) is 14.9. The van der Waals surface area contributed by atoms with Gasteiger partial charge in [-0.2, -0.15) is 0 Å². The van der Waals surface area contributed by atoms with Crippen molar-refractivity contribution in [2.45, 2.75) is 79.7 Å². The van der Waals surface area contributed by atoms with Crippen molar-refractivity contribution < 1.29 is 46.0 Å². The van der Waals surface area contributed by atoms with Gasteiger partial charge in [-0.15, -0.1) is 0 Å². The number of anilines is 6. The van der Waals surface area contributed by atoms with Crippen LogP contribution in [-0.4, -0.2) is 67.4 Å². The van der Waals surface area contributed by atoms with E-state index in [9.17, 15) is 24.3 Å². The molecule has 0 unspecified atom stereocenters. The number of amides is 3. The fourth-order valence-corrected chi connectivity index (χ4v) is 5.63. The number of hydrogen-bond acceptors (Lipinski definition) is 9. The van der Waals surface area contributed by atoms with Gasteiger partial charge < -0.3 is 49.4 Å². The molecule has 12 nitrogen and oxygen atoms in total. The van der Waals surface area contributed by atoms with E-state index < -0.39 is 17.3 Å². The van der Waals surface area contributed by atoms with Gasteiger partial charge in [-0.3, -0.25) is 14.4 Å². The Balaban J connectivity index is 0.000000355. The molecule has 276 valence electrons. The van der Waals surface area contributed by atoms with Gasteiger partial charge in [-0.25, -0.2) is 19.7 Å². The second-order valence-electron chi connectivity index (χ2n) is 13.7. The predicted molar refractivity (Wildman–Crippen MR) is 204 cm³/mol. The van der Waals surface area contributed by atoms with Gasteiger partial charge in [0.15, 0.2) is 5.78 Å². The van der Waals surface area contributed by atoms with E-state index in [-0.39, 0.29) is 71.6 Å². The molecule has 0 bridgehead atoms. The minimum Gasteiger partial charge on any atom is -1.00 e. The number of ether oxygens (including phenoxy) is 1. The second kappa shape index (κ2) is 17.6. The van der Waals surface area contributed by atoms with E-state index in [1.165, 1.54) is 23.6 Å². The van der Waals surface area contributed by atoms with Crippen LogP contribution in [-0.2, 0) is 33.0 Å². The maximum atomic E-state index is 13.1. The fourth-order valence-electron chi connectivity index (χ4n) is 5.63. The van der Waals surface area contributed by atoms with Gasteiger partial charge in [-0.1, -0.05) is 18.2 Å². The number of hydrogen-bond donors (Lipinski definition) is 2. The van der Waals surface area contributed by atoms with Crippen LogP contribution in [0.3, 0.4) is 0 Å². The number of nitrogens with zero attached hydrogens (tertiary/aromatic N) is 5. The average molecular weight is 798 g/mol. The first kappa shape index (κ1) is 44.8. The van der Waals surface area contributed by atoms with Crippen molar-refractivity contribution in [1.82, 2.24) is 9.97 Å². The van der Waals surface area contributed by atoms with Crippen molar-refractivity contribution >= 4 is 81.1 Å². The van der Waals surface area contributed by atoms with Crippen LogP contribution in [0.5, 0.6) is 0 Å². The third kappa shape index (κ3) is 10.2. The average Bonchev–Trinajstić information content (AvgIpc) is 3.29. The largest absolute Gasteiger partial charge is 2.00 e. The van der Waals surface area contributed by atoms with Gasteiger partial charge in [0.1, 0.15) is 17.2 Å². The molecule has 14 heteroatoms. The molecule has 2 aromatic heterocycles. The Morgan fingerprint density at radius 1 is 0.774 bits per heavy atom. The molecule has 2 aliphatic heterocycles. The summed E-state index contributed by atoms with van der Waals surface area (Å²) in [5.74, 6) is 0.770. The Labute approximate surface area is 337 Å². The minimum absolute atomic E-state index is 0. The van der Waals surface area contributed by atoms with Crippen molar-refractivity contribution in [3.05, 3.63) is 103 Å². The smallest absolute Gasteiger partial charge is 1.00 e. The number of nitrogens with one attached hydrogen (secondary N) is 1. The zero-order chi connectivity index (χ0) is 36.5. The Hall–Kier alpha value is -4.37. The maximum absolute atomic E-state index is 13.1. The number of carbonyl (C=O) groups is 4. The van der Waals surface area contributed by atoms with Gasteiger partial charge in [0.25, 0.3) is 0 Å². The molecular weight excluding hydrogens is 753 g/mol. The van der Waals surface area contributed by atoms with Crippen LogP contribution in [0, 0.1) is 7.43 Å². The number of Topliss-reactive ketones (excluding diaryl/α,β-unsaturated/α-hetero) is 1. The Morgan fingerprint density at radius 3 is 1.94 bits per heavy atom. The Morgan fingerprint density at radius 2 is 1.36 bits per heavy atom. The molecule has 53 heavy (non-hydrogen) atoms. The number of rotatable bonds is 2. The van der Waals surface area contributed by atoms with Crippen molar-refractivity contribution in [1.29, 1.82) is 0 Å². The quantitative estimate of drug-likeness (QED) is 0.173. The van der Waals surface area contributed by atoms with E-state index in [1.54, 1.807) is 83.1 Å². The van der Waals surface area contributed by atoms with Crippen molar-refractivity contribution in [2.75, 3.05) is 20.0 Å². The molecule has 0 radical (unpaired) electrons. The maximum Gasteiger partial charge on any atom is 2.00 e. The zero-order valence-corrected chi connectivity index (χ0v) is 34.7. The molecule has 0 saturated heterocycles. The van der Waals surface area contributed by atoms with E-state index in [0.717, 1.165) is 28.3 Å². The number of benzene rings is 2. The topological polar surface area (TPSA) is 145 Å². The van der Waals surface area contributed by atoms with E-state index in [4.69, 9.17) is 4.74 Å². The standard InChI is InChI=1S/C21H23N3O4.C17H19N3O2.CH3.BrH.Mg/c1-13(25)15-8-9-17-18(11-15)23(14(2)26)12-16-7-6-10-22-19(16)24(17)20(27)28-21(3,4)5;1-11(21)20-10-12-5-4-8-18-16(12)19-14-7-6-13(9-15(14)20)17(2,3)22;;;/h6-11H,12H2,1-5H3;4-9,22H,10H2,1-3H3,(H,18,19);1H3;1H;/q;;-1;;+2/p-1. The monoisotopic (exact) mass is 796 g/mol. The molecule has 6 rings (SSSR count). The number of carbonyl (C=O) groups excluding carboxylic acids is 4. The summed E-state index contributed by atoms with van der Waals surface area (Å²) in [5, 5.41) is 13.5. The normalized spacial score (nSPS) is 12.7. The van der Waals surface area contributed by atoms with Crippen LogP contribution in [0.4, 0.5) is 39.2 Å². The van der Waals surface area contributed by atoms with Crippen molar-refractivity contribution in [3.63, 3.8) is 0 Å². The summed E-state index contributed by atoms with van der Waals surface area (Å²) in [6, 6.07) is 17.9. The molecule has 0 saturated carbocycles. The molecule has 3 amide bonds. The molecule has 0 aliphatic carbocycles. The molecular formula is C39H45BrMgN6O6. The van der Waals surface area contributed by atoms with Crippen LogP contribution in [0.1, 0.15) is 82.4 Å². The molecule has 0 atom stereocenters. The molecule has 4 heterocycles. The first-order valence-electron chi connectivity index (χ1n) is 16.2. The van der Waals surface area contributed by atoms with Gasteiger partial charge in [-0.05, 0) is 89.6 Å². The van der Waals surface area contributed by atoms with E-state index >= 15 is 0 Å². The number of aliphatic hydroxyl groups is 1. The summed E-state index contributed by atoms with van der Waals surface area (Å²) in [7, 11) is 0. The number of ketones is 1. The predicted octanol–water partition coefficient (Wildman–Crippen LogP) is 4.22. The first-order chi connectivity index (χ1) is 23.4. The summed E-state index contributed by atoms with van der Waals surface area (Å²) in [6.45, 7) is 13.9. The number of fused-ring (bicyclic) bond motifs is 4.